The monoisotopic (exact) mass is 243 g/mol. The van der Waals surface area contributed by atoms with Gasteiger partial charge in [-0.15, -0.1) is 0 Å². The Hall–Kier alpha value is -0.610. The predicted molar refractivity (Wildman–Crippen MR) is 66.9 cm³/mol. The molecule has 0 bridgehead atoms. The van der Waals surface area contributed by atoms with Crippen LogP contribution >= 0.6 is 0 Å². The average Bonchev–Trinajstić information content (AvgIpc) is 2.74. The van der Waals surface area contributed by atoms with E-state index in [-0.39, 0.29) is 23.5 Å². The fraction of sp³-hybridized carbons (Fsp3) is 0.923. The van der Waals surface area contributed by atoms with Gasteiger partial charge in [0.1, 0.15) is 6.04 Å². The van der Waals surface area contributed by atoms with Crippen LogP contribution in [-0.2, 0) is 14.3 Å². The minimum Gasteiger partial charge on any atom is -0.468 e. The molecule has 100 valence electrons. The van der Waals surface area contributed by atoms with Crippen molar-refractivity contribution in [2.75, 3.05) is 20.3 Å². The van der Waals surface area contributed by atoms with Crippen LogP contribution in [-0.4, -0.2) is 38.4 Å². The lowest BCUT2D eigenvalue weighted by molar-refractivity contribution is -0.144. The van der Waals surface area contributed by atoms with Crippen LogP contribution in [0.25, 0.3) is 0 Å². The van der Waals surface area contributed by atoms with Gasteiger partial charge in [-0.1, -0.05) is 20.8 Å². The zero-order chi connectivity index (χ0) is 12.9. The van der Waals surface area contributed by atoms with Crippen LogP contribution in [0.1, 0.15) is 40.0 Å². The van der Waals surface area contributed by atoms with Gasteiger partial charge in [0, 0.05) is 13.2 Å². The highest BCUT2D eigenvalue weighted by molar-refractivity contribution is 5.75. The smallest absolute Gasteiger partial charge is 0.322 e. The van der Waals surface area contributed by atoms with E-state index in [1.54, 1.807) is 0 Å². The van der Waals surface area contributed by atoms with Crippen molar-refractivity contribution < 1.29 is 14.3 Å². The average molecular weight is 243 g/mol. The number of ether oxygens (including phenoxy) is 2. The maximum Gasteiger partial charge on any atom is 0.322 e. The Labute approximate surface area is 104 Å². The van der Waals surface area contributed by atoms with Crippen LogP contribution in [0.3, 0.4) is 0 Å². The third-order valence-electron chi connectivity index (χ3n) is 2.92. The van der Waals surface area contributed by atoms with Gasteiger partial charge >= 0.3 is 5.97 Å². The molecule has 1 aliphatic heterocycles. The topological polar surface area (TPSA) is 47.6 Å². The fourth-order valence-corrected chi connectivity index (χ4v) is 2.07. The van der Waals surface area contributed by atoms with Crippen molar-refractivity contribution in [2.45, 2.75) is 52.2 Å². The summed E-state index contributed by atoms with van der Waals surface area (Å²) in [6.45, 7) is 7.94. The van der Waals surface area contributed by atoms with Crippen molar-refractivity contribution in [3.63, 3.8) is 0 Å². The highest BCUT2D eigenvalue weighted by atomic mass is 16.5. The molecule has 0 radical (unpaired) electrons. The lowest BCUT2D eigenvalue weighted by atomic mass is 9.88. The van der Waals surface area contributed by atoms with Crippen molar-refractivity contribution in [1.82, 2.24) is 5.32 Å². The summed E-state index contributed by atoms with van der Waals surface area (Å²) in [6, 6.07) is -0.232. The Morgan fingerprint density at radius 3 is 2.71 bits per heavy atom. The van der Waals surface area contributed by atoms with E-state index >= 15 is 0 Å². The molecule has 1 fully saturated rings. The fourth-order valence-electron chi connectivity index (χ4n) is 2.07. The van der Waals surface area contributed by atoms with Crippen LogP contribution in [0, 0.1) is 5.41 Å². The number of carbonyl (C=O) groups is 1. The first-order chi connectivity index (χ1) is 7.92. The van der Waals surface area contributed by atoms with Crippen LogP contribution in [0.15, 0.2) is 0 Å². The maximum atomic E-state index is 11.7. The van der Waals surface area contributed by atoms with Crippen molar-refractivity contribution in [1.29, 1.82) is 0 Å². The van der Waals surface area contributed by atoms with Gasteiger partial charge in [-0.05, 0) is 24.7 Å². The minimum atomic E-state index is -0.232. The lowest BCUT2D eigenvalue weighted by Crippen LogP contribution is -2.43. The van der Waals surface area contributed by atoms with Crippen molar-refractivity contribution in [3.8, 4) is 0 Å². The molecule has 1 rings (SSSR count). The molecule has 4 heteroatoms. The largest absolute Gasteiger partial charge is 0.468 e. The summed E-state index contributed by atoms with van der Waals surface area (Å²) < 4.78 is 10.4. The molecule has 0 saturated carbocycles. The van der Waals surface area contributed by atoms with E-state index in [1.807, 2.05) is 0 Å². The van der Waals surface area contributed by atoms with E-state index < -0.39 is 0 Å². The molecule has 0 aliphatic carbocycles. The first-order valence-electron chi connectivity index (χ1n) is 6.35. The molecule has 17 heavy (non-hydrogen) atoms. The SMILES string of the molecule is COC(=O)C(CC(C)(C)C)NCC1CCCO1. The second kappa shape index (κ2) is 6.36. The summed E-state index contributed by atoms with van der Waals surface area (Å²) >= 11 is 0. The minimum absolute atomic E-state index is 0.0996. The summed E-state index contributed by atoms with van der Waals surface area (Å²) in [7, 11) is 1.44. The Bertz CT molecular complexity index is 242. The van der Waals surface area contributed by atoms with Crippen molar-refractivity contribution in [3.05, 3.63) is 0 Å². The number of nitrogens with one attached hydrogen (secondary N) is 1. The first kappa shape index (κ1) is 14.5. The number of hydrogen-bond acceptors (Lipinski definition) is 4. The number of carbonyl (C=O) groups excluding carboxylic acids is 1. The molecule has 0 spiro atoms. The third kappa shape index (κ3) is 5.50. The van der Waals surface area contributed by atoms with Gasteiger partial charge in [-0.2, -0.15) is 0 Å². The Morgan fingerprint density at radius 1 is 1.53 bits per heavy atom. The van der Waals surface area contributed by atoms with Gasteiger partial charge in [-0.25, -0.2) is 0 Å². The zero-order valence-electron chi connectivity index (χ0n) is 11.4. The Balaban J connectivity index is 2.42. The van der Waals surface area contributed by atoms with Gasteiger partial charge < -0.3 is 14.8 Å². The summed E-state index contributed by atoms with van der Waals surface area (Å²) in [5.74, 6) is -0.182. The quantitative estimate of drug-likeness (QED) is 0.747. The molecule has 4 nitrogen and oxygen atoms in total. The standard InChI is InChI=1S/C13H25NO3/c1-13(2,3)8-11(12(15)16-4)14-9-10-6-5-7-17-10/h10-11,14H,5-9H2,1-4H3. The second-order valence-electron chi connectivity index (χ2n) is 5.88. The summed E-state index contributed by atoms with van der Waals surface area (Å²) in [5.41, 5.74) is 0.0996. The van der Waals surface area contributed by atoms with E-state index in [2.05, 4.69) is 26.1 Å². The highest BCUT2D eigenvalue weighted by Gasteiger charge is 2.26. The normalized spacial score (nSPS) is 22.5. The van der Waals surface area contributed by atoms with E-state index in [0.29, 0.717) is 0 Å². The Morgan fingerprint density at radius 2 is 2.24 bits per heavy atom. The Kier molecular flexibility index (Phi) is 5.40. The molecule has 1 aliphatic rings. The van der Waals surface area contributed by atoms with Crippen LogP contribution < -0.4 is 5.32 Å². The number of methoxy groups -OCH3 is 1. The van der Waals surface area contributed by atoms with Gasteiger partial charge in [0.05, 0.1) is 13.2 Å². The molecule has 1 N–H and O–H groups in total. The van der Waals surface area contributed by atoms with E-state index in [1.165, 1.54) is 7.11 Å². The van der Waals surface area contributed by atoms with E-state index in [0.717, 1.165) is 32.4 Å². The molecule has 0 aromatic carbocycles. The van der Waals surface area contributed by atoms with Crippen LogP contribution in [0.2, 0.25) is 0 Å². The van der Waals surface area contributed by atoms with Crippen LogP contribution in [0.4, 0.5) is 0 Å². The number of hydrogen-bond donors (Lipinski definition) is 1. The summed E-state index contributed by atoms with van der Waals surface area (Å²) in [6.07, 6.45) is 3.22. The summed E-state index contributed by atoms with van der Waals surface area (Å²) in [5, 5.41) is 3.27. The maximum absolute atomic E-state index is 11.7. The zero-order valence-corrected chi connectivity index (χ0v) is 11.4. The van der Waals surface area contributed by atoms with Gasteiger partial charge in [0.15, 0.2) is 0 Å². The molecule has 1 saturated heterocycles. The summed E-state index contributed by atoms with van der Waals surface area (Å²) in [4.78, 5) is 11.7. The molecule has 1 heterocycles. The first-order valence-corrected chi connectivity index (χ1v) is 6.35. The molecular weight excluding hydrogens is 218 g/mol. The third-order valence-corrected chi connectivity index (χ3v) is 2.92. The molecular formula is C13H25NO3. The lowest BCUT2D eigenvalue weighted by Gasteiger charge is -2.26. The van der Waals surface area contributed by atoms with Crippen LogP contribution in [0.5, 0.6) is 0 Å². The second-order valence-corrected chi connectivity index (χ2v) is 5.88. The molecule has 0 aromatic rings. The van der Waals surface area contributed by atoms with Gasteiger partial charge in [0.25, 0.3) is 0 Å². The van der Waals surface area contributed by atoms with Crippen molar-refractivity contribution in [2.24, 2.45) is 5.41 Å². The number of esters is 1. The molecule has 0 aromatic heterocycles. The predicted octanol–water partition coefficient (Wildman–Crippen LogP) is 1.73. The van der Waals surface area contributed by atoms with E-state index in [4.69, 9.17) is 9.47 Å². The van der Waals surface area contributed by atoms with E-state index in [9.17, 15) is 4.79 Å². The highest BCUT2D eigenvalue weighted by Crippen LogP contribution is 2.21. The molecule has 0 amide bonds. The molecule has 2 atom stereocenters. The van der Waals surface area contributed by atoms with Crippen molar-refractivity contribution >= 4 is 5.97 Å². The molecule has 2 unspecified atom stereocenters. The van der Waals surface area contributed by atoms with Gasteiger partial charge in [0.2, 0.25) is 0 Å². The van der Waals surface area contributed by atoms with Gasteiger partial charge in [-0.3, -0.25) is 4.79 Å². The number of rotatable bonds is 5.